The van der Waals surface area contributed by atoms with Gasteiger partial charge < -0.3 is 5.32 Å². The lowest BCUT2D eigenvalue weighted by molar-refractivity contribution is 0.580. The van der Waals surface area contributed by atoms with Crippen molar-refractivity contribution in [3.05, 3.63) is 46.9 Å². The van der Waals surface area contributed by atoms with Crippen LogP contribution in [-0.4, -0.2) is 17.0 Å². The molecule has 0 aliphatic rings. The standard InChI is InChI=1S/C14H16FN3S/c1-9-4-10(2)6-11(5-9)8-19-13-12(15)7-17-14(16-3)18-13/h4-7H,8H2,1-3H3,(H,16,17,18). The number of hydrogen-bond donors (Lipinski definition) is 1. The first-order chi connectivity index (χ1) is 9.08. The summed E-state index contributed by atoms with van der Waals surface area (Å²) in [5, 5.41) is 3.18. The molecular formula is C14H16FN3S. The monoisotopic (exact) mass is 277 g/mol. The van der Waals surface area contributed by atoms with Gasteiger partial charge in [-0.2, -0.15) is 0 Å². The van der Waals surface area contributed by atoms with Gasteiger partial charge in [-0.25, -0.2) is 14.4 Å². The molecule has 1 heterocycles. The predicted octanol–water partition coefficient (Wildman–Crippen LogP) is 3.57. The van der Waals surface area contributed by atoms with Crippen molar-refractivity contribution in [2.45, 2.75) is 24.6 Å². The van der Waals surface area contributed by atoms with E-state index in [1.54, 1.807) is 7.05 Å². The molecule has 0 bridgehead atoms. The minimum Gasteiger partial charge on any atom is -0.357 e. The van der Waals surface area contributed by atoms with E-state index < -0.39 is 0 Å². The second kappa shape index (κ2) is 6.02. The maximum atomic E-state index is 13.6. The number of benzene rings is 1. The van der Waals surface area contributed by atoms with Gasteiger partial charge in [-0.1, -0.05) is 41.1 Å². The Morgan fingerprint density at radius 2 is 1.89 bits per heavy atom. The van der Waals surface area contributed by atoms with E-state index in [9.17, 15) is 4.39 Å². The maximum Gasteiger partial charge on any atom is 0.223 e. The van der Waals surface area contributed by atoms with Crippen molar-refractivity contribution in [1.82, 2.24) is 9.97 Å². The normalized spacial score (nSPS) is 10.5. The third-order valence-corrected chi connectivity index (χ3v) is 3.63. The molecule has 0 saturated carbocycles. The summed E-state index contributed by atoms with van der Waals surface area (Å²) in [5.41, 5.74) is 3.61. The number of aromatic nitrogens is 2. The molecule has 0 atom stereocenters. The zero-order chi connectivity index (χ0) is 13.8. The van der Waals surface area contributed by atoms with Gasteiger partial charge in [0.25, 0.3) is 0 Å². The zero-order valence-corrected chi connectivity index (χ0v) is 12.0. The fourth-order valence-electron chi connectivity index (χ4n) is 1.88. The minimum absolute atomic E-state index is 0.374. The summed E-state index contributed by atoms with van der Waals surface area (Å²) < 4.78 is 13.6. The van der Waals surface area contributed by atoms with Crippen LogP contribution in [0.5, 0.6) is 0 Å². The van der Waals surface area contributed by atoms with Crippen LogP contribution in [0.25, 0.3) is 0 Å². The van der Waals surface area contributed by atoms with Crippen LogP contribution < -0.4 is 5.32 Å². The molecule has 0 radical (unpaired) electrons. The van der Waals surface area contributed by atoms with Crippen LogP contribution in [0.3, 0.4) is 0 Å². The minimum atomic E-state index is -0.381. The van der Waals surface area contributed by atoms with Gasteiger partial charge in [0.2, 0.25) is 5.95 Å². The molecule has 0 saturated heterocycles. The van der Waals surface area contributed by atoms with Crippen molar-refractivity contribution < 1.29 is 4.39 Å². The molecule has 1 N–H and O–H groups in total. The number of nitrogens with one attached hydrogen (secondary N) is 1. The summed E-state index contributed by atoms with van der Waals surface area (Å²) >= 11 is 1.38. The van der Waals surface area contributed by atoms with Crippen molar-refractivity contribution >= 4 is 17.7 Å². The van der Waals surface area contributed by atoms with Crippen LogP contribution in [0.2, 0.25) is 0 Å². The number of thioether (sulfide) groups is 1. The number of halogens is 1. The van der Waals surface area contributed by atoms with Gasteiger partial charge in [-0.15, -0.1) is 0 Å². The van der Waals surface area contributed by atoms with Gasteiger partial charge in [0.1, 0.15) is 5.03 Å². The molecule has 0 amide bonds. The number of nitrogens with zero attached hydrogens (tertiary/aromatic N) is 2. The molecule has 0 aliphatic carbocycles. The number of anilines is 1. The molecule has 2 aromatic rings. The molecule has 1 aromatic carbocycles. The Labute approximate surface area is 116 Å². The molecule has 100 valence electrons. The summed E-state index contributed by atoms with van der Waals surface area (Å²) in [5.74, 6) is 0.747. The molecule has 1 aromatic heterocycles. The zero-order valence-electron chi connectivity index (χ0n) is 11.2. The van der Waals surface area contributed by atoms with Gasteiger partial charge in [0.15, 0.2) is 5.82 Å². The van der Waals surface area contributed by atoms with E-state index in [1.807, 2.05) is 0 Å². The van der Waals surface area contributed by atoms with Crippen molar-refractivity contribution in [3.8, 4) is 0 Å². The summed E-state index contributed by atoms with van der Waals surface area (Å²) in [7, 11) is 1.71. The largest absolute Gasteiger partial charge is 0.357 e. The van der Waals surface area contributed by atoms with Gasteiger partial charge in [-0.05, 0) is 19.4 Å². The highest BCUT2D eigenvalue weighted by atomic mass is 32.2. The molecule has 0 aliphatic heterocycles. The second-order valence-electron chi connectivity index (χ2n) is 4.38. The highest BCUT2D eigenvalue weighted by Crippen LogP contribution is 2.25. The highest BCUT2D eigenvalue weighted by Gasteiger charge is 2.07. The van der Waals surface area contributed by atoms with Crippen LogP contribution in [0, 0.1) is 19.7 Å². The molecular weight excluding hydrogens is 261 g/mol. The highest BCUT2D eigenvalue weighted by molar-refractivity contribution is 7.98. The van der Waals surface area contributed by atoms with E-state index in [0.29, 0.717) is 16.7 Å². The maximum absolute atomic E-state index is 13.6. The van der Waals surface area contributed by atoms with Gasteiger partial charge in [0.05, 0.1) is 6.20 Å². The van der Waals surface area contributed by atoms with Crippen LogP contribution >= 0.6 is 11.8 Å². The Hall–Kier alpha value is -1.62. The van der Waals surface area contributed by atoms with Crippen LogP contribution in [0.1, 0.15) is 16.7 Å². The fourth-order valence-corrected chi connectivity index (χ4v) is 2.69. The molecule has 0 fully saturated rings. The first-order valence-corrected chi connectivity index (χ1v) is 6.97. The lowest BCUT2D eigenvalue weighted by Crippen LogP contribution is -1.99. The summed E-state index contributed by atoms with van der Waals surface area (Å²) in [6.07, 6.45) is 1.20. The van der Waals surface area contributed by atoms with Crippen LogP contribution in [0.4, 0.5) is 10.3 Å². The van der Waals surface area contributed by atoms with E-state index >= 15 is 0 Å². The SMILES string of the molecule is CNc1ncc(F)c(SCc2cc(C)cc(C)c2)n1. The fraction of sp³-hybridized carbons (Fsp3) is 0.286. The molecule has 3 nitrogen and oxygen atoms in total. The van der Waals surface area contributed by atoms with Gasteiger partial charge in [0, 0.05) is 12.8 Å². The van der Waals surface area contributed by atoms with E-state index in [2.05, 4.69) is 47.3 Å². The Morgan fingerprint density at radius 3 is 2.53 bits per heavy atom. The Kier molecular flexibility index (Phi) is 4.37. The molecule has 19 heavy (non-hydrogen) atoms. The smallest absolute Gasteiger partial charge is 0.223 e. The number of hydrogen-bond acceptors (Lipinski definition) is 4. The topological polar surface area (TPSA) is 37.8 Å². The van der Waals surface area contributed by atoms with E-state index in [0.717, 1.165) is 0 Å². The van der Waals surface area contributed by atoms with E-state index in [4.69, 9.17) is 0 Å². The van der Waals surface area contributed by atoms with Crippen molar-refractivity contribution in [1.29, 1.82) is 0 Å². The van der Waals surface area contributed by atoms with Crippen LogP contribution in [0.15, 0.2) is 29.4 Å². The molecule has 0 unspecified atom stereocenters. The van der Waals surface area contributed by atoms with Gasteiger partial charge in [-0.3, -0.25) is 0 Å². The third kappa shape index (κ3) is 3.67. The lowest BCUT2D eigenvalue weighted by atomic mass is 10.1. The number of rotatable bonds is 4. The van der Waals surface area contributed by atoms with E-state index in [-0.39, 0.29) is 5.82 Å². The Balaban J connectivity index is 2.13. The summed E-state index contributed by atoms with van der Waals surface area (Å²) in [6, 6.07) is 6.34. The molecule has 5 heteroatoms. The molecule has 0 spiro atoms. The quantitative estimate of drug-likeness (QED) is 0.685. The number of aryl methyl sites for hydroxylation is 2. The Morgan fingerprint density at radius 1 is 1.21 bits per heavy atom. The average Bonchev–Trinajstić information content (AvgIpc) is 2.37. The van der Waals surface area contributed by atoms with Crippen molar-refractivity contribution in [3.63, 3.8) is 0 Å². The predicted molar refractivity (Wildman–Crippen MR) is 77.0 cm³/mol. The lowest BCUT2D eigenvalue weighted by Gasteiger charge is -2.06. The van der Waals surface area contributed by atoms with E-state index in [1.165, 1.54) is 34.6 Å². The molecule has 2 rings (SSSR count). The van der Waals surface area contributed by atoms with Gasteiger partial charge >= 0.3 is 0 Å². The first kappa shape index (κ1) is 13.8. The van der Waals surface area contributed by atoms with Crippen molar-refractivity contribution in [2.24, 2.45) is 0 Å². The van der Waals surface area contributed by atoms with Crippen molar-refractivity contribution in [2.75, 3.05) is 12.4 Å². The van der Waals surface area contributed by atoms with Crippen LogP contribution in [-0.2, 0) is 5.75 Å². The average molecular weight is 277 g/mol. The summed E-state index contributed by atoms with van der Waals surface area (Å²) in [4.78, 5) is 7.95. The Bertz CT molecular complexity index is 567. The third-order valence-electron chi connectivity index (χ3n) is 2.59. The second-order valence-corrected chi connectivity index (χ2v) is 5.35. The summed E-state index contributed by atoms with van der Waals surface area (Å²) in [6.45, 7) is 4.12. The first-order valence-electron chi connectivity index (χ1n) is 5.99.